The monoisotopic (exact) mass is 364 g/mol. The highest BCUT2D eigenvalue weighted by Crippen LogP contribution is 2.17. The van der Waals surface area contributed by atoms with Gasteiger partial charge in [-0.2, -0.15) is 0 Å². The Bertz CT molecular complexity index is 851. The van der Waals surface area contributed by atoms with Gasteiger partial charge >= 0.3 is 0 Å². The van der Waals surface area contributed by atoms with Crippen LogP contribution in [0.15, 0.2) is 35.2 Å². The SMILES string of the molecule is Cc1cc(CNS(=O)(=O)c2ccccc2F)nc(N2CCCCC2)n1. The van der Waals surface area contributed by atoms with E-state index in [1.165, 1.54) is 24.6 Å². The summed E-state index contributed by atoms with van der Waals surface area (Å²) in [5.41, 5.74) is 1.34. The molecule has 0 spiro atoms. The van der Waals surface area contributed by atoms with Gasteiger partial charge in [-0.1, -0.05) is 12.1 Å². The first-order valence-electron chi connectivity index (χ1n) is 8.29. The van der Waals surface area contributed by atoms with Crippen LogP contribution in [0.5, 0.6) is 0 Å². The van der Waals surface area contributed by atoms with Crippen LogP contribution < -0.4 is 9.62 Å². The summed E-state index contributed by atoms with van der Waals surface area (Å²) in [5.74, 6) is -0.150. The van der Waals surface area contributed by atoms with Crippen molar-refractivity contribution in [1.29, 1.82) is 0 Å². The second kappa shape index (κ2) is 7.45. The number of aromatic nitrogens is 2. The smallest absolute Gasteiger partial charge is 0.243 e. The normalized spacial score (nSPS) is 15.4. The van der Waals surface area contributed by atoms with Crippen molar-refractivity contribution >= 4 is 16.0 Å². The third-order valence-electron chi connectivity index (χ3n) is 4.10. The molecule has 0 bridgehead atoms. The third kappa shape index (κ3) is 4.32. The summed E-state index contributed by atoms with van der Waals surface area (Å²) in [6.07, 6.45) is 3.41. The summed E-state index contributed by atoms with van der Waals surface area (Å²) in [5, 5.41) is 0. The lowest BCUT2D eigenvalue weighted by molar-refractivity contribution is 0.555. The Hall–Kier alpha value is -2.06. The van der Waals surface area contributed by atoms with Gasteiger partial charge in [0.25, 0.3) is 0 Å². The van der Waals surface area contributed by atoms with Crippen molar-refractivity contribution in [3.63, 3.8) is 0 Å². The lowest BCUT2D eigenvalue weighted by atomic mass is 10.1. The zero-order valence-electron chi connectivity index (χ0n) is 14.1. The van der Waals surface area contributed by atoms with E-state index in [1.54, 1.807) is 6.07 Å². The van der Waals surface area contributed by atoms with Crippen LogP contribution in [-0.2, 0) is 16.6 Å². The van der Waals surface area contributed by atoms with E-state index in [4.69, 9.17) is 0 Å². The fourth-order valence-corrected chi connectivity index (χ4v) is 3.93. The maximum Gasteiger partial charge on any atom is 0.243 e. The van der Waals surface area contributed by atoms with Gasteiger partial charge in [0.05, 0.1) is 12.2 Å². The average Bonchev–Trinajstić information content (AvgIpc) is 2.61. The Labute approximate surface area is 147 Å². The van der Waals surface area contributed by atoms with Crippen molar-refractivity contribution in [1.82, 2.24) is 14.7 Å². The molecule has 1 fully saturated rings. The number of hydrogen-bond acceptors (Lipinski definition) is 5. The number of halogens is 1. The molecule has 1 aromatic heterocycles. The molecule has 0 amide bonds. The van der Waals surface area contributed by atoms with Crippen molar-refractivity contribution < 1.29 is 12.8 Å². The molecule has 1 saturated heterocycles. The maximum absolute atomic E-state index is 13.7. The van der Waals surface area contributed by atoms with Crippen molar-refractivity contribution in [3.05, 3.63) is 47.5 Å². The first-order valence-corrected chi connectivity index (χ1v) is 9.78. The Morgan fingerprint density at radius 3 is 2.60 bits per heavy atom. The molecule has 0 unspecified atom stereocenters. The average molecular weight is 364 g/mol. The maximum atomic E-state index is 13.7. The Morgan fingerprint density at radius 2 is 1.88 bits per heavy atom. The number of sulfonamides is 1. The third-order valence-corrected chi connectivity index (χ3v) is 5.54. The van der Waals surface area contributed by atoms with Gasteiger partial charge < -0.3 is 4.90 Å². The second-order valence-corrected chi connectivity index (χ2v) is 7.84. The van der Waals surface area contributed by atoms with Crippen LogP contribution in [0.2, 0.25) is 0 Å². The van der Waals surface area contributed by atoms with E-state index in [-0.39, 0.29) is 11.4 Å². The van der Waals surface area contributed by atoms with Crippen LogP contribution in [0.3, 0.4) is 0 Å². The summed E-state index contributed by atoms with van der Waals surface area (Å²) < 4.78 is 40.7. The number of anilines is 1. The highest BCUT2D eigenvalue weighted by molar-refractivity contribution is 7.89. The zero-order valence-corrected chi connectivity index (χ0v) is 14.9. The Morgan fingerprint density at radius 1 is 1.16 bits per heavy atom. The van der Waals surface area contributed by atoms with E-state index in [2.05, 4.69) is 19.6 Å². The number of nitrogens with one attached hydrogen (secondary N) is 1. The molecular weight excluding hydrogens is 343 g/mol. The molecule has 2 heterocycles. The quantitative estimate of drug-likeness (QED) is 0.882. The van der Waals surface area contributed by atoms with E-state index in [1.807, 2.05) is 6.92 Å². The molecule has 0 saturated carbocycles. The van der Waals surface area contributed by atoms with Gasteiger partial charge in [0.15, 0.2) is 0 Å². The van der Waals surface area contributed by atoms with Crippen LogP contribution in [0.1, 0.15) is 30.7 Å². The molecule has 2 aromatic rings. The summed E-state index contributed by atoms with van der Waals surface area (Å²) in [6, 6.07) is 7.03. The van der Waals surface area contributed by atoms with Gasteiger partial charge in [-0.3, -0.25) is 0 Å². The molecule has 1 aromatic carbocycles. The highest BCUT2D eigenvalue weighted by Gasteiger charge is 2.19. The number of rotatable bonds is 5. The summed E-state index contributed by atoms with van der Waals surface area (Å²) in [4.78, 5) is 10.7. The number of benzene rings is 1. The van der Waals surface area contributed by atoms with E-state index < -0.39 is 15.8 Å². The largest absolute Gasteiger partial charge is 0.341 e. The van der Waals surface area contributed by atoms with Crippen molar-refractivity contribution in [2.75, 3.05) is 18.0 Å². The predicted molar refractivity (Wildman–Crippen MR) is 93.3 cm³/mol. The molecule has 1 aliphatic heterocycles. The van der Waals surface area contributed by atoms with Gasteiger partial charge in [0.2, 0.25) is 16.0 Å². The molecule has 1 N–H and O–H groups in total. The summed E-state index contributed by atoms with van der Waals surface area (Å²) >= 11 is 0. The number of piperidine rings is 1. The molecule has 0 aliphatic carbocycles. The molecule has 8 heteroatoms. The van der Waals surface area contributed by atoms with Crippen molar-refractivity contribution in [3.8, 4) is 0 Å². The van der Waals surface area contributed by atoms with E-state index in [9.17, 15) is 12.8 Å². The second-order valence-electron chi connectivity index (χ2n) is 6.10. The predicted octanol–water partition coefficient (Wildman–Crippen LogP) is 2.39. The van der Waals surface area contributed by atoms with Crippen molar-refractivity contribution in [2.24, 2.45) is 0 Å². The molecule has 0 atom stereocenters. The van der Waals surface area contributed by atoms with E-state index >= 15 is 0 Å². The van der Waals surface area contributed by atoms with Gasteiger partial charge in [0, 0.05) is 18.8 Å². The van der Waals surface area contributed by atoms with Crippen LogP contribution in [-0.4, -0.2) is 31.5 Å². The molecule has 1 aliphatic rings. The first-order chi connectivity index (χ1) is 12.0. The lowest BCUT2D eigenvalue weighted by Gasteiger charge is -2.27. The molecule has 6 nitrogen and oxygen atoms in total. The topological polar surface area (TPSA) is 75.2 Å². The first kappa shape index (κ1) is 17.8. The summed E-state index contributed by atoms with van der Waals surface area (Å²) in [7, 11) is -3.94. The summed E-state index contributed by atoms with van der Waals surface area (Å²) in [6.45, 7) is 3.65. The molecule has 134 valence electrons. The van der Waals surface area contributed by atoms with Gasteiger partial charge in [-0.25, -0.2) is 27.5 Å². The Balaban J connectivity index is 1.77. The van der Waals surface area contributed by atoms with Crippen LogP contribution in [0.4, 0.5) is 10.3 Å². The fourth-order valence-electron chi connectivity index (χ4n) is 2.85. The zero-order chi connectivity index (χ0) is 17.9. The molecular formula is C17H21FN4O2S. The van der Waals surface area contributed by atoms with Crippen LogP contribution >= 0.6 is 0 Å². The minimum Gasteiger partial charge on any atom is -0.341 e. The minimum atomic E-state index is -3.94. The van der Waals surface area contributed by atoms with Gasteiger partial charge in [0.1, 0.15) is 10.7 Å². The molecule has 25 heavy (non-hydrogen) atoms. The highest BCUT2D eigenvalue weighted by atomic mass is 32.2. The van der Waals surface area contributed by atoms with Crippen LogP contribution in [0.25, 0.3) is 0 Å². The van der Waals surface area contributed by atoms with Gasteiger partial charge in [-0.05, 0) is 44.4 Å². The van der Waals surface area contributed by atoms with Crippen LogP contribution in [0, 0.1) is 12.7 Å². The number of aryl methyl sites for hydroxylation is 1. The minimum absolute atomic E-state index is 0.0130. The van der Waals surface area contributed by atoms with Gasteiger partial charge in [-0.15, -0.1) is 0 Å². The molecule has 3 rings (SSSR count). The van der Waals surface area contributed by atoms with Crippen molar-refractivity contribution in [2.45, 2.75) is 37.6 Å². The number of hydrogen-bond donors (Lipinski definition) is 1. The van der Waals surface area contributed by atoms with E-state index in [0.29, 0.717) is 11.6 Å². The van der Waals surface area contributed by atoms with E-state index in [0.717, 1.165) is 37.7 Å². The standard InChI is InChI=1S/C17H21FN4O2S/c1-13-11-14(21-17(20-13)22-9-5-2-6-10-22)12-19-25(23,24)16-8-4-3-7-15(16)18/h3-4,7-8,11,19H,2,5-6,9-10,12H2,1H3. The Kier molecular flexibility index (Phi) is 5.29. The lowest BCUT2D eigenvalue weighted by Crippen LogP contribution is -2.32. The molecule has 0 radical (unpaired) electrons. The number of nitrogens with zero attached hydrogens (tertiary/aromatic N) is 3. The fraction of sp³-hybridized carbons (Fsp3) is 0.412.